The summed E-state index contributed by atoms with van der Waals surface area (Å²) in [6.45, 7) is 0. The van der Waals surface area contributed by atoms with Gasteiger partial charge in [-0.2, -0.15) is 0 Å². The lowest BCUT2D eigenvalue weighted by Crippen LogP contribution is -1.90. The molecular formula is C10H6BrNO3. The Morgan fingerprint density at radius 1 is 1.33 bits per heavy atom. The van der Waals surface area contributed by atoms with Gasteiger partial charge in [-0.15, -0.1) is 0 Å². The van der Waals surface area contributed by atoms with Crippen LogP contribution in [0.15, 0.2) is 45.5 Å². The predicted octanol–water partition coefficient (Wildman–Crippen LogP) is 3.62. The van der Waals surface area contributed by atoms with Crippen LogP contribution in [0.4, 0.5) is 5.69 Å². The quantitative estimate of drug-likeness (QED) is 0.617. The van der Waals surface area contributed by atoms with Crippen LogP contribution < -0.4 is 0 Å². The molecule has 0 spiro atoms. The minimum atomic E-state index is -0.426. The first kappa shape index (κ1) is 9.92. The molecule has 0 aliphatic heterocycles. The Bertz CT molecular complexity index is 493. The van der Waals surface area contributed by atoms with Crippen LogP contribution in [0.2, 0.25) is 0 Å². The van der Waals surface area contributed by atoms with Gasteiger partial charge in [0.25, 0.3) is 5.69 Å². The van der Waals surface area contributed by atoms with Crippen LogP contribution >= 0.6 is 15.9 Å². The fourth-order valence-corrected chi connectivity index (χ4v) is 1.66. The molecule has 0 unspecified atom stereocenters. The van der Waals surface area contributed by atoms with Crippen molar-refractivity contribution in [2.24, 2.45) is 0 Å². The molecule has 0 atom stereocenters. The van der Waals surface area contributed by atoms with Crippen molar-refractivity contribution in [2.45, 2.75) is 0 Å². The smallest absolute Gasteiger partial charge is 0.280 e. The molecule has 0 saturated heterocycles. The van der Waals surface area contributed by atoms with Crippen molar-refractivity contribution in [1.29, 1.82) is 0 Å². The average molecular weight is 268 g/mol. The average Bonchev–Trinajstić information content (AvgIpc) is 2.69. The van der Waals surface area contributed by atoms with Gasteiger partial charge in [-0.25, -0.2) is 0 Å². The van der Waals surface area contributed by atoms with Crippen LogP contribution in [-0.4, -0.2) is 4.92 Å². The lowest BCUT2D eigenvalue weighted by molar-refractivity contribution is -0.384. The second kappa shape index (κ2) is 3.86. The number of nitro groups is 1. The number of halogens is 1. The monoisotopic (exact) mass is 267 g/mol. The highest BCUT2D eigenvalue weighted by molar-refractivity contribution is 9.10. The van der Waals surface area contributed by atoms with E-state index in [0.29, 0.717) is 11.3 Å². The zero-order chi connectivity index (χ0) is 10.8. The van der Waals surface area contributed by atoms with Gasteiger partial charge in [-0.1, -0.05) is 15.9 Å². The first-order chi connectivity index (χ1) is 7.18. The number of hydrogen-bond acceptors (Lipinski definition) is 3. The van der Waals surface area contributed by atoms with Gasteiger partial charge in [0, 0.05) is 10.5 Å². The Labute approximate surface area is 93.8 Å². The van der Waals surface area contributed by atoms with Crippen molar-refractivity contribution < 1.29 is 9.34 Å². The minimum Gasteiger partial charge on any atom is -0.464 e. The molecule has 5 heteroatoms. The highest BCUT2D eigenvalue weighted by Gasteiger charge is 2.16. The number of hydrogen-bond donors (Lipinski definition) is 0. The van der Waals surface area contributed by atoms with Crippen molar-refractivity contribution in [3.05, 3.63) is 51.2 Å². The summed E-state index contributed by atoms with van der Waals surface area (Å²) < 4.78 is 5.92. The zero-order valence-electron chi connectivity index (χ0n) is 7.51. The third-order valence-corrected chi connectivity index (χ3v) is 2.44. The first-order valence-corrected chi connectivity index (χ1v) is 4.95. The predicted molar refractivity (Wildman–Crippen MR) is 58.5 cm³/mol. The Morgan fingerprint density at radius 3 is 2.73 bits per heavy atom. The molecule has 0 radical (unpaired) electrons. The van der Waals surface area contributed by atoms with Gasteiger partial charge < -0.3 is 4.42 Å². The van der Waals surface area contributed by atoms with E-state index >= 15 is 0 Å². The lowest BCUT2D eigenvalue weighted by Gasteiger charge is -1.99. The van der Waals surface area contributed by atoms with Crippen LogP contribution in [0.3, 0.4) is 0 Å². The maximum absolute atomic E-state index is 10.8. The standard InChI is InChI=1S/C10H6BrNO3/c11-7-3-4-9(12(13)14)8(6-7)10-2-1-5-15-10/h1-6H. The van der Waals surface area contributed by atoms with Gasteiger partial charge in [0.15, 0.2) is 0 Å². The van der Waals surface area contributed by atoms with E-state index in [1.165, 1.54) is 12.3 Å². The maximum Gasteiger partial charge on any atom is 0.280 e. The largest absolute Gasteiger partial charge is 0.464 e. The Morgan fingerprint density at radius 2 is 2.13 bits per heavy atom. The third-order valence-electron chi connectivity index (χ3n) is 1.94. The molecule has 2 rings (SSSR count). The molecule has 0 saturated carbocycles. The first-order valence-electron chi connectivity index (χ1n) is 4.16. The van der Waals surface area contributed by atoms with Crippen LogP contribution in [-0.2, 0) is 0 Å². The molecule has 4 nitrogen and oxygen atoms in total. The minimum absolute atomic E-state index is 0.0353. The van der Waals surface area contributed by atoms with Crippen LogP contribution in [0, 0.1) is 10.1 Å². The molecule has 0 bridgehead atoms. The molecule has 0 fully saturated rings. The Kier molecular flexibility index (Phi) is 2.55. The number of rotatable bonds is 2. The number of nitrogens with zero attached hydrogens (tertiary/aromatic N) is 1. The van der Waals surface area contributed by atoms with Gasteiger partial charge in [0.05, 0.1) is 16.7 Å². The van der Waals surface area contributed by atoms with Gasteiger partial charge in [-0.05, 0) is 24.3 Å². The molecule has 76 valence electrons. The van der Waals surface area contributed by atoms with E-state index in [0.717, 1.165) is 4.47 Å². The van der Waals surface area contributed by atoms with E-state index in [-0.39, 0.29) is 5.69 Å². The number of furan rings is 1. The van der Waals surface area contributed by atoms with Crippen molar-refractivity contribution in [3.8, 4) is 11.3 Å². The SMILES string of the molecule is O=[N+]([O-])c1ccc(Br)cc1-c1ccco1. The molecule has 0 aliphatic carbocycles. The second-order valence-corrected chi connectivity index (χ2v) is 3.81. The number of benzene rings is 1. The molecular weight excluding hydrogens is 262 g/mol. The Balaban J connectivity index is 2.63. The van der Waals surface area contributed by atoms with Crippen molar-refractivity contribution in [1.82, 2.24) is 0 Å². The van der Waals surface area contributed by atoms with E-state index in [1.54, 1.807) is 24.3 Å². The summed E-state index contributed by atoms with van der Waals surface area (Å²) in [4.78, 5) is 10.4. The summed E-state index contributed by atoms with van der Waals surface area (Å²) in [5.41, 5.74) is 0.507. The molecule has 0 N–H and O–H groups in total. The topological polar surface area (TPSA) is 56.3 Å². The van der Waals surface area contributed by atoms with E-state index in [2.05, 4.69) is 15.9 Å². The summed E-state index contributed by atoms with van der Waals surface area (Å²) >= 11 is 3.27. The van der Waals surface area contributed by atoms with Gasteiger partial charge in [0.1, 0.15) is 5.76 Å². The highest BCUT2D eigenvalue weighted by Crippen LogP contribution is 2.32. The second-order valence-electron chi connectivity index (χ2n) is 2.90. The van der Waals surface area contributed by atoms with Crippen molar-refractivity contribution in [3.63, 3.8) is 0 Å². The fraction of sp³-hybridized carbons (Fsp3) is 0. The van der Waals surface area contributed by atoms with E-state index in [1.807, 2.05) is 0 Å². The van der Waals surface area contributed by atoms with Gasteiger partial charge in [0.2, 0.25) is 0 Å². The maximum atomic E-state index is 10.8. The molecule has 1 heterocycles. The zero-order valence-corrected chi connectivity index (χ0v) is 9.10. The third kappa shape index (κ3) is 1.92. The lowest BCUT2D eigenvalue weighted by atomic mass is 10.1. The molecule has 0 amide bonds. The van der Waals surface area contributed by atoms with E-state index in [4.69, 9.17) is 4.42 Å². The fourth-order valence-electron chi connectivity index (χ4n) is 1.30. The normalized spacial score (nSPS) is 10.2. The summed E-state index contributed by atoms with van der Waals surface area (Å²) in [5, 5.41) is 10.8. The van der Waals surface area contributed by atoms with Crippen LogP contribution in [0.5, 0.6) is 0 Å². The highest BCUT2D eigenvalue weighted by atomic mass is 79.9. The number of nitro benzene ring substituents is 1. The molecule has 15 heavy (non-hydrogen) atoms. The summed E-state index contributed by atoms with van der Waals surface area (Å²) in [7, 11) is 0. The van der Waals surface area contributed by atoms with Gasteiger partial charge >= 0.3 is 0 Å². The molecule has 2 aromatic rings. The molecule has 0 aliphatic rings. The van der Waals surface area contributed by atoms with Crippen molar-refractivity contribution >= 4 is 21.6 Å². The van der Waals surface area contributed by atoms with Crippen LogP contribution in [0.1, 0.15) is 0 Å². The van der Waals surface area contributed by atoms with Crippen LogP contribution in [0.25, 0.3) is 11.3 Å². The molecule has 1 aromatic carbocycles. The van der Waals surface area contributed by atoms with E-state index in [9.17, 15) is 10.1 Å². The summed E-state index contributed by atoms with van der Waals surface area (Å²) in [6.07, 6.45) is 1.49. The summed E-state index contributed by atoms with van der Waals surface area (Å²) in [5.74, 6) is 0.489. The van der Waals surface area contributed by atoms with Crippen molar-refractivity contribution in [2.75, 3.05) is 0 Å². The Hall–Kier alpha value is -1.62. The summed E-state index contributed by atoms with van der Waals surface area (Å²) in [6, 6.07) is 8.12. The molecule has 1 aromatic heterocycles. The van der Waals surface area contributed by atoms with E-state index < -0.39 is 4.92 Å². The van der Waals surface area contributed by atoms with Gasteiger partial charge in [-0.3, -0.25) is 10.1 Å².